The SMILES string of the molecule is Cc1cccc(N2C(=S)N(c3ccc([N+](=O)[O-])cc3)[C@@H]3CS(=O)(=O)C[C@H]32)c1. The fourth-order valence-corrected chi connectivity index (χ4v) is 6.22. The molecule has 0 radical (unpaired) electrons. The summed E-state index contributed by atoms with van der Waals surface area (Å²) < 4.78 is 24.7. The number of rotatable bonds is 3. The molecule has 0 amide bonds. The molecule has 2 aromatic carbocycles. The van der Waals surface area contributed by atoms with Gasteiger partial charge in [0.05, 0.1) is 28.5 Å². The molecule has 0 spiro atoms. The Hall–Kier alpha value is -2.52. The van der Waals surface area contributed by atoms with Gasteiger partial charge in [-0.1, -0.05) is 12.1 Å². The third kappa shape index (κ3) is 3.06. The molecule has 0 unspecified atom stereocenters. The molecule has 9 heteroatoms. The smallest absolute Gasteiger partial charge is 0.269 e. The van der Waals surface area contributed by atoms with Gasteiger partial charge in [-0.2, -0.15) is 0 Å². The van der Waals surface area contributed by atoms with Gasteiger partial charge in [0.2, 0.25) is 0 Å². The van der Waals surface area contributed by atoms with E-state index in [1.165, 1.54) is 12.1 Å². The van der Waals surface area contributed by atoms with Gasteiger partial charge >= 0.3 is 0 Å². The molecule has 2 heterocycles. The number of non-ortho nitro benzene ring substituents is 1. The van der Waals surface area contributed by atoms with E-state index in [0.29, 0.717) is 10.8 Å². The zero-order chi connectivity index (χ0) is 19.3. The standard InChI is InChI=1S/C18H17N3O4S2/c1-12-3-2-4-15(9-12)20-17-11-27(24,25)10-16(17)19(18(20)26)13-5-7-14(8-6-13)21(22)23/h2-9,16-17H,10-11H2,1H3/t16-,17-/m1/s1. The summed E-state index contributed by atoms with van der Waals surface area (Å²) in [6.45, 7) is 1.97. The van der Waals surface area contributed by atoms with Crippen LogP contribution in [-0.2, 0) is 9.84 Å². The Bertz CT molecular complexity index is 1040. The highest BCUT2D eigenvalue weighted by Crippen LogP contribution is 2.38. The van der Waals surface area contributed by atoms with Crippen molar-refractivity contribution in [2.75, 3.05) is 21.3 Å². The number of sulfone groups is 1. The number of hydrogen-bond acceptors (Lipinski definition) is 5. The molecule has 27 heavy (non-hydrogen) atoms. The number of benzene rings is 2. The van der Waals surface area contributed by atoms with Gasteiger partial charge in [0.25, 0.3) is 5.69 Å². The summed E-state index contributed by atoms with van der Waals surface area (Å²) in [6.07, 6.45) is 0. The maximum absolute atomic E-state index is 12.3. The molecule has 7 nitrogen and oxygen atoms in total. The largest absolute Gasteiger partial charge is 0.312 e. The van der Waals surface area contributed by atoms with E-state index >= 15 is 0 Å². The van der Waals surface area contributed by atoms with E-state index in [2.05, 4.69) is 0 Å². The summed E-state index contributed by atoms with van der Waals surface area (Å²) in [5.74, 6) is 0.0480. The van der Waals surface area contributed by atoms with Gasteiger partial charge in [0.15, 0.2) is 14.9 Å². The van der Waals surface area contributed by atoms with Gasteiger partial charge < -0.3 is 9.80 Å². The summed E-state index contributed by atoms with van der Waals surface area (Å²) in [5, 5.41) is 11.4. The maximum Gasteiger partial charge on any atom is 0.269 e. The third-order valence-corrected chi connectivity index (χ3v) is 7.08. The van der Waals surface area contributed by atoms with Gasteiger partial charge in [-0.05, 0) is 49.0 Å². The van der Waals surface area contributed by atoms with Crippen molar-refractivity contribution in [3.8, 4) is 0 Å². The lowest BCUT2D eigenvalue weighted by atomic mass is 10.1. The van der Waals surface area contributed by atoms with E-state index in [1.807, 2.05) is 41.0 Å². The highest BCUT2D eigenvalue weighted by atomic mass is 32.2. The van der Waals surface area contributed by atoms with Gasteiger partial charge in [-0.3, -0.25) is 10.1 Å². The number of thiocarbonyl (C=S) groups is 1. The number of nitro benzene ring substituents is 1. The highest BCUT2D eigenvalue weighted by molar-refractivity contribution is 7.91. The van der Waals surface area contributed by atoms with Crippen LogP contribution in [0.15, 0.2) is 48.5 Å². The maximum atomic E-state index is 12.3. The van der Waals surface area contributed by atoms with Crippen LogP contribution >= 0.6 is 12.2 Å². The van der Waals surface area contributed by atoms with E-state index < -0.39 is 14.8 Å². The van der Waals surface area contributed by atoms with Crippen LogP contribution in [0, 0.1) is 17.0 Å². The second-order valence-electron chi connectivity index (χ2n) is 6.85. The molecule has 140 valence electrons. The molecule has 4 rings (SSSR count). The first-order valence-corrected chi connectivity index (χ1v) is 10.6. The zero-order valence-electron chi connectivity index (χ0n) is 14.5. The normalized spacial score (nSPS) is 23.5. The van der Waals surface area contributed by atoms with Crippen molar-refractivity contribution in [1.82, 2.24) is 0 Å². The van der Waals surface area contributed by atoms with E-state index in [-0.39, 0.29) is 29.3 Å². The third-order valence-electron chi connectivity index (χ3n) is 4.99. The summed E-state index contributed by atoms with van der Waals surface area (Å²) in [7, 11) is -3.19. The van der Waals surface area contributed by atoms with Crippen LogP contribution in [0.3, 0.4) is 0 Å². The molecule has 2 aromatic rings. The molecule has 0 saturated carbocycles. The van der Waals surface area contributed by atoms with Crippen LogP contribution in [0.25, 0.3) is 0 Å². The molecule has 2 saturated heterocycles. The molecular formula is C18H17N3O4S2. The quantitative estimate of drug-likeness (QED) is 0.443. The first-order valence-electron chi connectivity index (χ1n) is 8.41. The number of nitro groups is 1. The Labute approximate surface area is 162 Å². The van der Waals surface area contributed by atoms with Crippen molar-refractivity contribution in [3.63, 3.8) is 0 Å². The Morgan fingerprint density at radius 1 is 1.04 bits per heavy atom. The summed E-state index contributed by atoms with van der Waals surface area (Å²) >= 11 is 5.71. The number of fused-ring (bicyclic) bond motifs is 1. The molecule has 2 aliphatic rings. The van der Waals surface area contributed by atoms with Crippen molar-refractivity contribution in [2.24, 2.45) is 0 Å². The van der Waals surface area contributed by atoms with Gasteiger partial charge in [-0.25, -0.2) is 8.42 Å². The van der Waals surface area contributed by atoms with Crippen LogP contribution in [0.5, 0.6) is 0 Å². The second kappa shape index (κ2) is 6.28. The van der Waals surface area contributed by atoms with Crippen LogP contribution in [0.2, 0.25) is 0 Å². The van der Waals surface area contributed by atoms with Gasteiger partial charge in [0.1, 0.15) is 0 Å². The Kier molecular flexibility index (Phi) is 4.15. The van der Waals surface area contributed by atoms with Crippen LogP contribution in [0.1, 0.15) is 5.56 Å². The fraction of sp³-hybridized carbons (Fsp3) is 0.278. The van der Waals surface area contributed by atoms with E-state index in [0.717, 1.165) is 11.3 Å². The molecular weight excluding hydrogens is 386 g/mol. The molecule has 2 atom stereocenters. The molecule has 0 bridgehead atoms. The molecule has 0 aliphatic carbocycles. The van der Waals surface area contributed by atoms with Crippen LogP contribution < -0.4 is 9.80 Å². The monoisotopic (exact) mass is 403 g/mol. The predicted molar refractivity (Wildman–Crippen MR) is 108 cm³/mol. The first kappa shape index (κ1) is 17.9. The first-order chi connectivity index (χ1) is 12.8. The number of aryl methyl sites for hydroxylation is 1. The number of anilines is 2. The average molecular weight is 403 g/mol. The van der Waals surface area contributed by atoms with Gasteiger partial charge in [0, 0.05) is 23.5 Å². The molecule has 2 fully saturated rings. The Balaban J connectivity index is 1.78. The Morgan fingerprint density at radius 3 is 2.19 bits per heavy atom. The van der Waals surface area contributed by atoms with Crippen molar-refractivity contribution in [2.45, 2.75) is 19.0 Å². The Morgan fingerprint density at radius 2 is 1.63 bits per heavy atom. The van der Waals surface area contributed by atoms with Crippen molar-refractivity contribution >= 4 is 44.2 Å². The van der Waals surface area contributed by atoms with Crippen LogP contribution in [0.4, 0.5) is 17.1 Å². The van der Waals surface area contributed by atoms with Crippen molar-refractivity contribution in [1.29, 1.82) is 0 Å². The average Bonchev–Trinajstić information content (AvgIpc) is 3.03. The topological polar surface area (TPSA) is 83.8 Å². The minimum Gasteiger partial charge on any atom is -0.312 e. The number of hydrogen-bond donors (Lipinski definition) is 0. The molecule has 0 aromatic heterocycles. The zero-order valence-corrected chi connectivity index (χ0v) is 16.1. The highest BCUT2D eigenvalue weighted by Gasteiger charge is 2.52. The molecule has 2 aliphatic heterocycles. The van der Waals surface area contributed by atoms with E-state index in [9.17, 15) is 18.5 Å². The summed E-state index contributed by atoms with van der Waals surface area (Å²) in [6, 6.07) is 13.2. The summed E-state index contributed by atoms with van der Waals surface area (Å²) in [5.41, 5.74) is 2.56. The van der Waals surface area contributed by atoms with E-state index in [4.69, 9.17) is 12.2 Å². The van der Waals surface area contributed by atoms with Crippen molar-refractivity contribution < 1.29 is 13.3 Å². The fourth-order valence-electron chi connectivity index (χ4n) is 3.82. The van der Waals surface area contributed by atoms with Gasteiger partial charge in [-0.15, -0.1) is 0 Å². The predicted octanol–water partition coefficient (Wildman–Crippen LogP) is 2.68. The lowest BCUT2D eigenvalue weighted by Gasteiger charge is -2.26. The second-order valence-corrected chi connectivity index (χ2v) is 9.37. The van der Waals surface area contributed by atoms with Crippen molar-refractivity contribution in [3.05, 3.63) is 64.2 Å². The van der Waals surface area contributed by atoms with Crippen LogP contribution in [-0.4, -0.2) is 42.0 Å². The lowest BCUT2D eigenvalue weighted by molar-refractivity contribution is -0.384. The summed E-state index contributed by atoms with van der Waals surface area (Å²) in [4.78, 5) is 14.2. The number of nitrogens with zero attached hydrogens (tertiary/aromatic N) is 3. The lowest BCUT2D eigenvalue weighted by Crippen LogP contribution is -2.37. The minimum atomic E-state index is -3.19. The van der Waals surface area contributed by atoms with E-state index in [1.54, 1.807) is 12.1 Å². The minimum absolute atomic E-state index is 0.0110. The molecule has 0 N–H and O–H groups in total.